The molecule has 3 aromatic heterocycles. The number of aromatic nitrogens is 3. The summed E-state index contributed by atoms with van der Waals surface area (Å²) >= 11 is 6.23. The minimum atomic E-state index is -1.05. The van der Waals surface area contributed by atoms with Crippen molar-refractivity contribution in [3.8, 4) is 17.1 Å². The van der Waals surface area contributed by atoms with Crippen LogP contribution in [-0.4, -0.2) is 55.9 Å². The quantitative estimate of drug-likeness (QED) is 0.281. The number of nitrogens with one attached hydrogen (secondary N) is 1. The molecule has 0 saturated carbocycles. The summed E-state index contributed by atoms with van der Waals surface area (Å²) in [7, 11) is 1.55. The van der Waals surface area contributed by atoms with Gasteiger partial charge in [-0.15, -0.1) is 0 Å². The van der Waals surface area contributed by atoms with Gasteiger partial charge in [0.1, 0.15) is 0 Å². The zero-order valence-corrected chi connectivity index (χ0v) is 18.6. The molecule has 1 fully saturated rings. The first-order valence-corrected chi connectivity index (χ1v) is 11.9. The summed E-state index contributed by atoms with van der Waals surface area (Å²) in [5.74, 6) is 0.183. The Balaban J connectivity index is 1.72. The fourth-order valence-corrected chi connectivity index (χ4v) is 5.05. The first-order valence-electron chi connectivity index (χ1n) is 9.05. The molecule has 3 aromatic rings. The number of H-pyrrole nitrogens is 1. The summed E-state index contributed by atoms with van der Waals surface area (Å²) < 4.78 is 6.20. The van der Waals surface area contributed by atoms with E-state index in [1.165, 1.54) is 6.20 Å². The zero-order chi connectivity index (χ0) is 20.5. The zero-order valence-electron chi connectivity index (χ0n) is 15.7. The van der Waals surface area contributed by atoms with Crippen LogP contribution in [0.5, 0.6) is 5.88 Å². The van der Waals surface area contributed by atoms with Crippen LogP contribution >= 0.6 is 11.6 Å². The molecule has 0 aliphatic carbocycles. The summed E-state index contributed by atoms with van der Waals surface area (Å²) in [6.07, 6.45) is 3.59. The van der Waals surface area contributed by atoms with Crippen LogP contribution in [0.25, 0.3) is 22.3 Å². The van der Waals surface area contributed by atoms with Crippen LogP contribution in [0.15, 0.2) is 24.4 Å². The van der Waals surface area contributed by atoms with Gasteiger partial charge in [-0.05, 0) is 0 Å². The van der Waals surface area contributed by atoms with Crippen molar-refractivity contribution in [1.29, 1.82) is 0 Å². The van der Waals surface area contributed by atoms with E-state index in [2.05, 4.69) is 19.9 Å². The Morgan fingerprint density at radius 3 is 2.79 bits per heavy atom. The van der Waals surface area contributed by atoms with E-state index in [4.69, 9.17) is 22.0 Å². The molecule has 10 heteroatoms. The van der Waals surface area contributed by atoms with E-state index < -0.39 is 5.97 Å². The minimum absolute atomic E-state index is 0.0899. The second-order valence-corrected chi connectivity index (χ2v) is 9.62. The monoisotopic (exact) mass is 523 g/mol. The number of carboxylic acids is 1. The van der Waals surface area contributed by atoms with E-state index in [1.54, 1.807) is 13.2 Å². The number of anilines is 1. The Hall–Kier alpha value is -2.01. The fourth-order valence-electron chi connectivity index (χ4n) is 3.52. The summed E-state index contributed by atoms with van der Waals surface area (Å²) in [6, 6.07) is 5.46. The van der Waals surface area contributed by atoms with Crippen LogP contribution in [0.2, 0.25) is 5.02 Å². The van der Waals surface area contributed by atoms with E-state index in [1.807, 2.05) is 12.1 Å². The van der Waals surface area contributed by atoms with Crippen molar-refractivity contribution in [3.63, 3.8) is 0 Å². The van der Waals surface area contributed by atoms with Crippen molar-refractivity contribution in [2.45, 2.75) is 16.8 Å². The third-order valence-corrected chi connectivity index (χ3v) is 7.61. The van der Waals surface area contributed by atoms with Crippen molar-refractivity contribution in [2.24, 2.45) is 0 Å². The number of nitrogens with zero attached hydrogens (tertiary/aromatic N) is 3. The second-order valence-electron chi connectivity index (χ2n) is 6.74. The van der Waals surface area contributed by atoms with Gasteiger partial charge in [-0.1, -0.05) is 0 Å². The average molecular weight is 524 g/mol. The molecule has 1 aliphatic heterocycles. The topological polar surface area (TPSA) is 91.3 Å². The number of alkyl halides is 1. The predicted octanol–water partition coefficient (Wildman–Crippen LogP) is 0.126. The maximum absolute atomic E-state index is 11.5. The predicted molar refractivity (Wildman–Crippen MR) is 109 cm³/mol. The number of hydrogen-bond donors (Lipinski definition) is 2. The van der Waals surface area contributed by atoms with Crippen LogP contribution in [0.1, 0.15) is 23.2 Å². The van der Waals surface area contributed by atoms with Crippen molar-refractivity contribution in [3.05, 3.63) is 35.0 Å². The number of hydrogen-bond acceptors (Lipinski definition) is 5. The fraction of sp³-hybridized carbons (Fsp3) is 0.316. The van der Waals surface area contributed by atoms with Gasteiger partial charge in [0, 0.05) is 6.20 Å². The van der Waals surface area contributed by atoms with Gasteiger partial charge in [-0.25, -0.2) is 4.79 Å². The first kappa shape index (κ1) is 20.3. The number of methoxy groups -OCH3 is 1. The van der Waals surface area contributed by atoms with Gasteiger partial charge in [0.2, 0.25) is 0 Å². The molecule has 7 nitrogen and oxygen atoms in total. The first-order chi connectivity index (χ1) is 14.0. The number of carboxylic acid groups (broad SMARTS) is 1. The van der Waals surface area contributed by atoms with E-state index in [0.29, 0.717) is 37.1 Å². The number of aromatic amines is 1. The molecule has 0 atom stereocenters. The molecule has 0 aromatic carbocycles. The van der Waals surface area contributed by atoms with Crippen molar-refractivity contribution >= 4 is 40.1 Å². The van der Waals surface area contributed by atoms with E-state index >= 15 is 0 Å². The molecule has 0 spiro atoms. The van der Waals surface area contributed by atoms with E-state index in [0.717, 1.165) is 31.7 Å². The summed E-state index contributed by atoms with van der Waals surface area (Å²) in [5.41, 5.74) is 7.93. The van der Waals surface area contributed by atoms with Gasteiger partial charge in [0.25, 0.3) is 0 Å². The summed E-state index contributed by atoms with van der Waals surface area (Å²) in [5, 5.41) is 9.76. The molecular formula is C19H18BClIN4O3-. The van der Waals surface area contributed by atoms with Crippen LogP contribution in [-0.2, 0) is 0 Å². The van der Waals surface area contributed by atoms with Gasteiger partial charge in [0.05, 0.1) is 0 Å². The molecule has 0 amide bonds. The summed E-state index contributed by atoms with van der Waals surface area (Å²) in [6.45, 7) is 1.85. The van der Waals surface area contributed by atoms with Crippen LogP contribution in [0.4, 0.5) is 5.82 Å². The van der Waals surface area contributed by atoms with Gasteiger partial charge >= 0.3 is 164 Å². The maximum atomic E-state index is 11.5. The number of piperidine rings is 1. The summed E-state index contributed by atoms with van der Waals surface area (Å²) in [4.78, 5) is 25.8. The van der Waals surface area contributed by atoms with Crippen LogP contribution in [0, 0.1) is 0 Å². The third kappa shape index (κ3) is 3.89. The normalized spacial score (nSPS) is 15.2. The molecule has 0 unspecified atom stereocenters. The average Bonchev–Trinajstić information content (AvgIpc) is 3.15. The van der Waals surface area contributed by atoms with Crippen molar-refractivity contribution < 1.29 is 35.6 Å². The number of ether oxygens (including phenoxy) is 1. The molecule has 150 valence electrons. The Morgan fingerprint density at radius 2 is 2.14 bits per heavy atom. The number of halogens is 2. The Kier molecular flexibility index (Phi) is 5.87. The molecular weight excluding hydrogens is 505 g/mol. The third-order valence-electron chi connectivity index (χ3n) is 5.05. The standard InChI is InChI=1S/C19H18BClIN4O3/c1-29-18-11(2-3-15(24-18)26-6-4-10(22-20)5-7-26)16-13(21)8-14-17(25-16)12(9-23-14)19(27)28/h2-3,8-10,23H,4-7H2,1H3,(H,27,28)/q-1. The molecule has 4 heterocycles. The van der Waals surface area contributed by atoms with E-state index in [-0.39, 0.29) is 26.6 Å². The molecule has 2 N–H and O–H groups in total. The Morgan fingerprint density at radius 1 is 1.38 bits per heavy atom. The van der Waals surface area contributed by atoms with Crippen LogP contribution in [0.3, 0.4) is 0 Å². The molecule has 29 heavy (non-hydrogen) atoms. The second kappa shape index (κ2) is 8.39. The van der Waals surface area contributed by atoms with Gasteiger partial charge in [0.15, 0.2) is 0 Å². The molecule has 0 bridgehead atoms. The van der Waals surface area contributed by atoms with Gasteiger partial charge in [-0.2, -0.15) is 0 Å². The molecule has 1 aliphatic rings. The number of pyridine rings is 2. The molecule has 4 rings (SSSR count). The number of carbonyl (C=O) groups is 1. The van der Waals surface area contributed by atoms with E-state index in [9.17, 15) is 9.90 Å². The SMILES string of the molecule is [B][I-]C1CCN(c2ccc(-c3nc4c(C(=O)O)c[nH]c4cc3Cl)c(OC)n2)CC1. The molecule has 1 saturated heterocycles. The van der Waals surface area contributed by atoms with Crippen molar-refractivity contribution in [2.75, 3.05) is 25.1 Å². The van der Waals surface area contributed by atoms with Gasteiger partial charge < -0.3 is 10.1 Å². The van der Waals surface area contributed by atoms with Gasteiger partial charge in [-0.3, -0.25) is 0 Å². The van der Waals surface area contributed by atoms with Crippen molar-refractivity contribution in [1.82, 2.24) is 15.0 Å². The Labute approximate surface area is 184 Å². The van der Waals surface area contributed by atoms with Crippen LogP contribution < -0.4 is 30.6 Å². The molecule has 2 radical (unpaired) electrons. The number of aromatic carboxylic acids is 1. The Bertz CT molecular complexity index is 1070. The number of rotatable bonds is 5. The number of fused-ring (bicyclic) bond motifs is 1.